The molecule has 0 aliphatic heterocycles. The third-order valence-electron chi connectivity index (χ3n) is 5.04. The average molecular weight is 493 g/mol. The molecular formula is C19H36IN5O2. The molecule has 1 aliphatic carbocycles. The van der Waals surface area contributed by atoms with Crippen LogP contribution in [0.4, 0.5) is 0 Å². The van der Waals surface area contributed by atoms with Crippen molar-refractivity contribution in [3.63, 3.8) is 0 Å². The number of ether oxygens (including phenoxy) is 1. The fourth-order valence-corrected chi connectivity index (χ4v) is 3.41. The maximum Gasteiger partial charge on any atom is 0.248 e. The van der Waals surface area contributed by atoms with Crippen LogP contribution >= 0.6 is 24.0 Å². The molecule has 0 amide bonds. The first-order chi connectivity index (χ1) is 12.5. The normalized spacial score (nSPS) is 21.6. The zero-order valence-corrected chi connectivity index (χ0v) is 19.7. The van der Waals surface area contributed by atoms with E-state index in [-0.39, 0.29) is 30.1 Å². The highest BCUT2D eigenvalue weighted by Gasteiger charge is 2.23. The van der Waals surface area contributed by atoms with Crippen molar-refractivity contribution in [1.82, 2.24) is 20.8 Å². The summed E-state index contributed by atoms with van der Waals surface area (Å²) in [7, 11) is 0. The minimum absolute atomic E-state index is 0. The van der Waals surface area contributed by atoms with Gasteiger partial charge in [-0.3, -0.25) is 0 Å². The molecule has 7 nitrogen and oxygen atoms in total. The van der Waals surface area contributed by atoms with Gasteiger partial charge in [-0.1, -0.05) is 19.0 Å². The Hall–Kier alpha value is -0.900. The molecule has 0 saturated heterocycles. The molecular weight excluding hydrogens is 457 g/mol. The molecule has 1 aromatic heterocycles. The monoisotopic (exact) mass is 493 g/mol. The first-order valence-electron chi connectivity index (χ1n) is 10.0. The molecule has 0 bridgehead atoms. The maximum absolute atomic E-state index is 5.49. The number of nitrogens with one attached hydrogen (secondary N) is 2. The van der Waals surface area contributed by atoms with Crippen LogP contribution in [0.15, 0.2) is 9.52 Å². The smallest absolute Gasteiger partial charge is 0.248 e. The Morgan fingerprint density at radius 1 is 1.22 bits per heavy atom. The molecule has 1 atom stereocenters. The van der Waals surface area contributed by atoms with Crippen molar-refractivity contribution < 1.29 is 9.26 Å². The van der Waals surface area contributed by atoms with Crippen molar-refractivity contribution in [1.29, 1.82) is 0 Å². The van der Waals surface area contributed by atoms with Crippen molar-refractivity contribution in [2.24, 2.45) is 16.8 Å². The van der Waals surface area contributed by atoms with E-state index in [1.165, 1.54) is 25.7 Å². The summed E-state index contributed by atoms with van der Waals surface area (Å²) in [5.74, 6) is 3.53. The van der Waals surface area contributed by atoms with Gasteiger partial charge in [-0.2, -0.15) is 4.98 Å². The van der Waals surface area contributed by atoms with E-state index in [2.05, 4.69) is 46.5 Å². The summed E-state index contributed by atoms with van der Waals surface area (Å²) in [6.07, 6.45) is 4.81. The van der Waals surface area contributed by atoms with Crippen LogP contribution < -0.4 is 10.6 Å². The summed E-state index contributed by atoms with van der Waals surface area (Å²) in [4.78, 5) is 8.98. The summed E-state index contributed by atoms with van der Waals surface area (Å²) in [6, 6.07) is 0.485. The Bertz CT molecular complexity index is 556. The number of hydrogen-bond donors (Lipinski definition) is 2. The number of hydrogen-bond acceptors (Lipinski definition) is 5. The minimum Gasteiger partial charge on any atom is -0.371 e. The van der Waals surface area contributed by atoms with E-state index in [1.807, 2.05) is 13.8 Å². The van der Waals surface area contributed by atoms with Crippen molar-refractivity contribution in [3.05, 3.63) is 11.7 Å². The van der Waals surface area contributed by atoms with Gasteiger partial charge in [0, 0.05) is 19.2 Å². The van der Waals surface area contributed by atoms with Gasteiger partial charge in [0.1, 0.15) is 12.6 Å². The van der Waals surface area contributed by atoms with Gasteiger partial charge in [-0.15, -0.1) is 24.0 Å². The van der Waals surface area contributed by atoms with Crippen LogP contribution in [0.1, 0.15) is 78.1 Å². The van der Waals surface area contributed by atoms with Crippen molar-refractivity contribution in [2.75, 3.05) is 13.2 Å². The molecule has 1 saturated carbocycles. The third kappa shape index (κ3) is 7.93. The molecule has 0 radical (unpaired) electrons. The molecule has 8 heteroatoms. The highest BCUT2D eigenvalue weighted by Crippen LogP contribution is 2.29. The van der Waals surface area contributed by atoms with E-state index >= 15 is 0 Å². The number of aliphatic imine (C=N–C) groups is 1. The van der Waals surface area contributed by atoms with Crippen LogP contribution in [0, 0.1) is 11.8 Å². The first kappa shape index (κ1) is 24.1. The van der Waals surface area contributed by atoms with Gasteiger partial charge in [-0.25, -0.2) is 4.99 Å². The molecule has 1 aromatic rings. The van der Waals surface area contributed by atoms with Gasteiger partial charge >= 0.3 is 0 Å². The van der Waals surface area contributed by atoms with Crippen molar-refractivity contribution in [3.8, 4) is 0 Å². The van der Waals surface area contributed by atoms with Crippen molar-refractivity contribution >= 4 is 29.9 Å². The van der Waals surface area contributed by atoms with Crippen molar-refractivity contribution in [2.45, 2.75) is 79.0 Å². The van der Waals surface area contributed by atoms with E-state index < -0.39 is 0 Å². The van der Waals surface area contributed by atoms with Crippen LogP contribution in [0.5, 0.6) is 0 Å². The van der Waals surface area contributed by atoms with Gasteiger partial charge in [0.15, 0.2) is 11.8 Å². The Morgan fingerprint density at radius 3 is 2.52 bits per heavy atom. The topological polar surface area (TPSA) is 84.6 Å². The van der Waals surface area contributed by atoms with Gasteiger partial charge in [-0.05, 0) is 58.3 Å². The van der Waals surface area contributed by atoms with E-state index in [4.69, 9.17) is 9.26 Å². The SMILES string of the molecule is CCNC(=NCc1nc(C(C)OCC)no1)NC1CCC(C(C)C)CC1.I. The van der Waals surface area contributed by atoms with E-state index in [0.29, 0.717) is 30.9 Å². The summed E-state index contributed by atoms with van der Waals surface area (Å²) in [5.41, 5.74) is 0. The number of guanidine groups is 1. The number of halogens is 1. The fourth-order valence-electron chi connectivity index (χ4n) is 3.41. The van der Waals surface area contributed by atoms with Crippen LogP contribution in [0.3, 0.4) is 0 Å². The quantitative estimate of drug-likeness (QED) is 0.323. The Balaban J connectivity index is 0.00000364. The number of aromatic nitrogens is 2. The highest BCUT2D eigenvalue weighted by molar-refractivity contribution is 14.0. The molecule has 0 aromatic carbocycles. The largest absolute Gasteiger partial charge is 0.371 e. The zero-order valence-electron chi connectivity index (χ0n) is 17.3. The summed E-state index contributed by atoms with van der Waals surface area (Å²) in [6.45, 7) is 12.4. The van der Waals surface area contributed by atoms with E-state index in [1.54, 1.807) is 0 Å². The molecule has 1 aliphatic rings. The Morgan fingerprint density at radius 2 is 1.93 bits per heavy atom. The van der Waals surface area contributed by atoms with E-state index in [0.717, 1.165) is 24.3 Å². The average Bonchev–Trinajstić information content (AvgIpc) is 3.10. The molecule has 2 rings (SSSR count). The van der Waals surface area contributed by atoms with E-state index in [9.17, 15) is 0 Å². The molecule has 1 unspecified atom stereocenters. The zero-order chi connectivity index (χ0) is 18.9. The predicted octanol–water partition coefficient (Wildman–Crippen LogP) is 4.06. The lowest BCUT2D eigenvalue weighted by Crippen LogP contribution is -2.45. The lowest BCUT2D eigenvalue weighted by atomic mass is 9.80. The Kier molecular flexibility index (Phi) is 11.2. The summed E-state index contributed by atoms with van der Waals surface area (Å²) in [5, 5.41) is 10.8. The lowest BCUT2D eigenvalue weighted by molar-refractivity contribution is 0.0683. The van der Waals surface area contributed by atoms with Gasteiger partial charge in [0.2, 0.25) is 5.89 Å². The third-order valence-corrected chi connectivity index (χ3v) is 5.04. The minimum atomic E-state index is -0.163. The summed E-state index contributed by atoms with van der Waals surface area (Å²) < 4.78 is 10.8. The molecule has 27 heavy (non-hydrogen) atoms. The van der Waals surface area contributed by atoms with Gasteiger partial charge in [0.05, 0.1) is 0 Å². The van der Waals surface area contributed by atoms with Crippen LogP contribution in [0.2, 0.25) is 0 Å². The molecule has 0 spiro atoms. The second kappa shape index (κ2) is 12.5. The molecule has 156 valence electrons. The molecule has 2 N–H and O–H groups in total. The lowest BCUT2D eigenvalue weighted by Gasteiger charge is -2.32. The highest BCUT2D eigenvalue weighted by atomic mass is 127. The first-order valence-corrected chi connectivity index (χ1v) is 10.0. The molecule has 1 heterocycles. The number of rotatable bonds is 8. The number of nitrogens with zero attached hydrogens (tertiary/aromatic N) is 3. The van der Waals surface area contributed by atoms with Gasteiger partial charge < -0.3 is 19.9 Å². The Labute approximate surface area is 180 Å². The second-order valence-electron chi connectivity index (χ2n) is 7.34. The van der Waals surface area contributed by atoms with Crippen LogP contribution in [-0.2, 0) is 11.3 Å². The second-order valence-corrected chi connectivity index (χ2v) is 7.34. The standard InChI is InChI=1S/C19H35N5O2.HI/c1-6-20-19(22-16-10-8-15(9-11-16)13(3)4)21-12-17-23-18(24-26-17)14(5)25-7-2;/h13-16H,6-12H2,1-5H3,(H2,20,21,22);1H. The molecule has 1 fully saturated rings. The summed E-state index contributed by atoms with van der Waals surface area (Å²) >= 11 is 0. The predicted molar refractivity (Wildman–Crippen MR) is 118 cm³/mol. The van der Waals surface area contributed by atoms with Crippen LogP contribution in [-0.4, -0.2) is 35.3 Å². The van der Waals surface area contributed by atoms with Gasteiger partial charge in [0.25, 0.3) is 0 Å². The van der Waals surface area contributed by atoms with Crippen LogP contribution in [0.25, 0.3) is 0 Å². The fraction of sp³-hybridized carbons (Fsp3) is 0.842. The maximum atomic E-state index is 5.49.